The zero-order valence-electron chi connectivity index (χ0n) is 14.1. The third kappa shape index (κ3) is 3.26. The van der Waals surface area contributed by atoms with Gasteiger partial charge in [0, 0.05) is 25.8 Å². The van der Waals surface area contributed by atoms with Gasteiger partial charge in [-0.25, -0.2) is 0 Å². The van der Waals surface area contributed by atoms with Gasteiger partial charge in [0.2, 0.25) is 11.8 Å². The van der Waals surface area contributed by atoms with Crippen LogP contribution in [0.4, 0.5) is 5.69 Å². The number of para-hydroxylation sites is 1. The first kappa shape index (κ1) is 16.0. The maximum absolute atomic E-state index is 12.8. The lowest BCUT2D eigenvalue weighted by molar-refractivity contribution is -0.133. The number of unbranched alkanes of at least 4 members (excludes halogenated alkanes) is 1. The topological polar surface area (TPSA) is 40.6 Å². The summed E-state index contributed by atoms with van der Waals surface area (Å²) in [5.74, 6) is 0.0673. The molecule has 2 amide bonds. The maximum atomic E-state index is 12.8. The molecular formula is C19H26N2O2. The average molecular weight is 314 g/mol. The molecule has 2 unspecified atom stereocenters. The molecule has 1 aromatic rings. The number of anilines is 1. The molecule has 4 heteroatoms. The SMILES string of the molecule is CCCCN(C)C(=O)C1CC1C(=O)N1CCCc2ccccc21. The van der Waals surface area contributed by atoms with Crippen LogP contribution in [0.25, 0.3) is 0 Å². The van der Waals surface area contributed by atoms with Crippen molar-refractivity contribution in [2.45, 2.75) is 39.0 Å². The number of rotatable bonds is 5. The highest BCUT2D eigenvalue weighted by Crippen LogP contribution is 2.43. The van der Waals surface area contributed by atoms with Crippen LogP contribution in [0.3, 0.4) is 0 Å². The van der Waals surface area contributed by atoms with Crippen molar-refractivity contribution in [3.05, 3.63) is 29.8 Å². The first-order valence-electron chi connectivity index (χ1n) is 8.77. The Morgan fingerprint density at radius 1 is 1.26 bits per heavy atom. The molecule has 0 aromatic heterocycles. The van der Waals surface area contributed by atoms with Crippen molar-refractivity contribution in [1.29, 1.82) is 0 Å². The van der Waals surface area contributed by atoms with Gasteiger partial charge in [-0.3, -0.25) is 9.59 Å². The van der Waals surface area contributed by atoms with Crippen LogP contribution in [-0.4, -0.2) is 36.9 Å². The summed E-state index contributed by atoms with van der Waals surface area (Å²) >= 11 is 0. The number of hydrogen-bond donors (Lipinski definition) is 0. The van der Waals surface area contributed by atoms with Crippen LogP contribution in [0.2, 0.25) is 0 Å². The fourth-order valence-electron chi connectivity index (χ4n) is 3.49. The van der Waals surface area contributed by atoms with Crippen LogP contribution in [0.15, 0.2) is 24.3 Å². The van der Waals surface area contributed by atoms with Gasteiger partial charge in [-0.1, -0.05) is 31.5 Å². The molecule has 0 saturated heterocycles. The van der Waals surface area contributed by atoms with Crippen molar-refractivity contribution in [3.8, 4) is 0 Å². The number of aryl methyl sites for hydroxylation is 1. The number of nitrogens with zero attached hydrogens (tertiary/aromatic N) is 2. The molecule has 1 heterocycles. The molecular weight excluding hydrogens is 288 g/mol. The van der Waals surface area contributed by atoms with Crippen molar-refractivity contribution in [1.82, 2.24) is 4.90 Å². The molecule has 1 aromatic carbocycles. The molecule has 0 N–H and O–H groups in total. The van der Waals surface area contributed by atoms with E-state index in [-0.39, 0.29) is 23.7 Å². The Labute approximate surface area is 138 Å². The summed E-state index contributed by atoms with van der Waals surface area (Å²) < 4.78 is 0. The van der Waals surface area contributed by atoms with Gasteiger partial charge in [-0.05, 0) is 37.3 Å². The summed E-state index contributed by atoms with van der Waals surface area (Å²) in [6.45, 7) is 3.69. The fraction of sp³-hybridized carbons (Fsp3) is 0.579. The molecule has 0 spiro atoms. The summed E-state index contributed by atoms with van der Waals surface area (Å²) in [5, 5.41) is 0. The first-order valence-corrected chi connectivity index (χ1v) is 8.77. The molecule has 124 valence electrons. The summed E-state index contributed by atoms with van der Waals surface area (Å²) in [6.07, 6.45) is 4.85. The Hall–Kier alpha value is -1.84. The number of carbonyl (C=O) groups excluding carboxylic acids is 2. The lowest BCUT2D eigenvalue weighted by Crippen LogP contribution is -2.38. The zero-order chi connectivity index (χ0) is 16.4. The molecule has 0 radical (unpaired) electrons. The molecule has 1 fully saturated rings. The van der Waals surface area contributed by atoms with Gasteiger partial charge in [-0.2, -0.15) is 0 Å². The van der Waals surface area contributed by atoms with Crippen LogP contribution >= 0.6 is 0 Å². The summed E-state index contributed by atoms with van der Waals surface area (Å²) in [4.78, 5) is 28.9. The third-order valence-electron chi connectivity index (χ3n) is 5.02. The maximum Gasteiger partial charge on any atom is 0.230 e. The minimum atomic E-state index is -0.113. The van der Waals surface area contributed by atoms with E-state index in [9.17, 15) is 9.59 Å². The van der Waals surface area contributed by atoms with E-state index in [0.29, 0.717) is 6.42 Å². The van der Waals surface area contributed by atoms with E-state index in [1.807, 2.05) is 30.1 Å². The lowest BCUT2D eigenvalue weighted by atomic mass is 10.0. The van der Waals surface area contributed by atoms with Crippen molar-refractivity contribution in [2.75, 3.05) is 25.0 Å². The fourth-order valence-corrected chi connectivity index (χ4v) is 3.49. The highest BCUT2D eigenvalue weighted by atomic mass is 16.2. The molecule has 2 atom stereocenters. The van der Waals surface area contributed by atoms with E-state index >= 15 is 0 Å². The molecule has 2 aliphatic rings. The molecule has 1 saturated carbocycles. The normalized spacial score (nSPS) is 22.4. The van der Waals surface area contributed by atoms with Crippen LogP contribution in [-0.2, 0) is 16.0 Å². The van der Waals surface area contributed by atoms with Crippen molar-refractivity contribution < 1.29 is 9.59 Å². The molecule has 3 rings (SSSR count). The van der Waals surface area contributed by atoms with E-state index in [1.54, 1.807) is 4.90 Å². The zero-order valence-corrected chi connectivity index (χ0v) is 14.1. The predicted octanol–water partition coefficient (Wildman–Crippen LogP) is 2.86. The molecule has 4 nitrogen and oxygen atoms in total. The van der Waals surface area contributed by atoms with Crippen molar-refractivity contribution in [2.24, 2.45) is 11.8 Å². The van der Waals surface area contributed by atoms with Gasteiger partial charge in [0.05, 0.1) is 11.8 Å². The summed E-state index contributed by atoms with van der Waals surface area (Å²) in [7, 11) is 1.86. The van der Waals surface area contributed by atoms with Crippen LogP contribution < -0.4 is 4.90 Å². The first-order chi connectivity index (χ1) is 11.1. The monoisotopic (exact) mass is 314 g/mol. The minimum absolute atomic E-state index is 0.0987. The third-order valence-corrected chi connectivity index (χ3v) is 5.02. The Bertz CT molecular complexity index is 599. The second-order valence-electron chi connectivity index (χ2n) is 6.78. The highest BCUT2D eigenvalue weighted by molar-refractivity contribution is 6.01. The molecule has 1 aliphatic heterocycles. The number of carbonyl (C=O) groups is 2. The van der Waals surface area contributed by atoms with Crippen LogP contribution in [0, 0.1) is 11.8 Å². The molecule has 23 heavy (non-hydrogen) atoms. The van der Waals surface area contributed by atoms with E-state index in [2.05, 4.69) is 13.0 Å². The Morgan fingerprint density at radius 3 is 2.83 bits per heavy atom. The quantitative estimate of drug-likeness (QED) is 0.838. The molecule has 0 bridgehead atoms. The Balaban J connectivity index is 1.64. The van der Waals surface area contributed by atoms with Crippen molar-refractivity contribution in [3.63, 3.8) is 0 Å². The average Bonchev–Trinajstić information content (AvgIpc) is 3.38. The molecule has 1 aliphatic carbocycles. The van der Waals surface area contributed by atoms with Gasteiger partial charge in [0.1, 0.15) is 0 Å². The standard InChI is InChI=1S/C19H26N2O2/c1-3-4-11-20(2)18(22)15-13-16(15)19(23)21-12-7-9-14-8-5-6-10-17(14)21/h5-6,8,10,15-16H,3-4,7,9,11-13H2,1-2H3. The van der Waals surface area contributed by atoms with Crippen molar-refractivity contribution >= 4 is 17.5 Å². The Morgan fingerprint density at radius 2 is 2.04 bits per heavy atom. The Kier molecular flexibility index (Phi) is 4.69. The van der Waals surface area contributed by atoms with Crippen LogP contribution in [0.5, 0.6) is 0 Å². The lowest BCUT2D eigenvalue weighted by Gasteiger charge is -2.29. The second kappa shape index (κ2) is 6.73. The van der Waals surface area contributed by atoms with E-state index in [4.69, 9.17) is 0 Å². The van der Waals surface area contributed by atoms with Gasteiger partial charge in [0.15, 0.2) is 0 Å². The summed E-state index contributed by atoms with van der Waals surface area (Å²) in [6, 6.07) is 8.14. The number of hydrogen-bond acceptors (Lipinski definition) is 2. The van der Waals surface area contributed by atoms with E-state index in [1.165, 1.54) is 5.56 Å². The van der Waals surface area contributed by atoms with E-state index < -0.39 is 0 Å². The number of amides is 2. The minimum Gasteiger partial charge on any atom is -0.346 e. The van der Waals surface area contributed by atoms with E-state index in [0.717, 1.165) is 44.5 Å². The van der Waals surface area contributed by atoms with Gasteiger partial charge >= 0.3 is 0 Å². The second-order valence-corrected chi connectivity index (χ2v) is 6.78. The highest BCUT2D eigenvalue weighted by Gasteiger charge is 2.50. The summed E-state index contributed by atoms with van der Waals surface area (Å²) in [5.41, 5.74) is 2.29. The van der Waals surface area contributed by atoms with Gasteiger partial charge in [0.25, 0.3) is 0 Å². The largest absolute Gasteiger partial charge is 0.346 e. The number of benzene rings is 1. The predicted molar refractivity (Wildman–Crippen MR) is 91.3 cm³/mol. The van der Waals surface area contributed by atoms with Crippen LogP contribution in [0.1, 0.15) is 38.2 Å². The van der Waals surface area contributed by atoms with Gasteiger partial charge < -0.3 is 9.80 Å². The smallest absolute Gasteiger partial charge is 0.230 e. The number of fused-ring (bicyclic) bond motifs is 1. The van der Waals surface area contributed by atoms with Gasteiger partial charge in [-0.15, -0.1) is 0 Å².